The summed E-state index contributed by atoms with van der Waals surface area (Å²) in [6.07, 6.45) is 8.48. The number of hydrogen-bond donors (Lipinski definition) is 0. The molecule has 39 heavy (non-hydrogen) atoms. The Morgan fingerprint density at radius 3 is 2.51 bits per heavy atom. The molecule has 192 valence electrons. The van der Waals surface area contributed by atoms with Gasteiger partial charge in [0.25, 0.3) is 0 Å². The lowest BCUT2D eigenvalue weighted by molar-refractivity contribution is -0.108. The number of hydrogen-bond acceptors (Lipinski definition) is 5. The number of nitrogens with zero attached hydrogens (tertiary/aromatic N) is 5. The summed E-state index contributed by atoms with van der Waals surface area (Å²) in [4.78, 5) is 27.8. The van der Waals surface area contributed by atoms with Crippen LogP contribution in [0.5, 0.6) is 0 Å². The number of carbonyl (C=O) groups is 1. The Bertz CT molecular complexity index is 1730. The highest BCUT2D eigenvalue weighted by Crippen LogP contribution is 2.35. The molecule has 1 atom stereocenters. The van der Waals surface area contributed by atoms with E-state index in [4.69, 9.17) is 9.40 Å². The molecule has 0 saturated carbocycles. The molecule has 7 nitrogen and oxygen atoms in total. The van der Waals surface area contributed by atoms with E-state index in [9.17, 15) is 4.79 Å². The Morgan fingerprint density at radius 1 is 0.923 bits per heavy atom. The molecule has 1 amide bonds. The van der Waals surface area contributed by atoms with Crippen molar-refractivity contribution >= 4 is 39.2 Å². The lowest BCUT2D eigenvalue weighted by atomic mass is 10.0. The summed E-state index contributed by atoms with van der Waals surface area (Å²) in [6.45, 7) is 0. The van der Waals surface area contributed by atoms with Gasteiger partial charge in [-0.1, -0.05) is 52.3 Å². The van der Waals surface area contributed by atoms with Crippen molar-refractivity contribution in [1.82, 2.24) is 19.5 Å². The molecular weight excluding hydrogens is 554 g/mol. The molecule has 0 fully saturated rings. The van der Waals surface area contributed by atoms with E-state index in [1.54, 1.807) is 17.3 Å². The number of aromatic nitrogens is 4. The van der Waals surface area contributed by atoms with Gasteiger partial charge in [-0.3, -0.25) is 19.7 Å². The summed E-state index contributed by atoms with van der Waals surface area (Å²) in [6, 6.07) is 25.2. The van der Waals surface area contributed by atoms with E-state index in [1.165, 1.54) is 0 Å². The maximum absolute atomic E-state index is 12.6. The van der Waals surface area contributed by atoms with Crippen molar-refractivity contribution in [1.29, 1.82) is 0 Å². The highest BCUT2D eigenvalue weighted by molar-refractivity contribution is 9.10. The number of pyridine rings is 2. The Kier molecular flexibility index (Phi) is 6.77. The Hall–Kier alpha value is -4.56. The summed E-state index contributed by atoms with van der Waals surface area (Å²) in [5, 5.41) is 0.900. The van der Waals surface area contributed by atoms with Gasteiger partial charge < -0.3 is 8.98 Å². The predicted molar refractivity (Wildman–Crippen MR) is 155 cm³/mol. The molecule has 0 radical (unpaired) electrons. The zero-order valence-corrected chi connectivity index (χ0v) is 22.7. The second-order valence-electron chi connectivity index (χ2n) is 9.20. The second-order valence-corrected chi connectivity index (χ2v) is 10.1. The minimum Gasteiger partial charge on any atom is -0.440 e. The maximum Gasteiger partial charge on any atom is 0.217 e. The van der Waals surface area contributed by atoms with Crippen molar-refractivity contribution in [2.75, 3.05) is 4.90 Å². The third-order valence-electron chi connectivity index (χ3n) is 6.80. The zero-order chi connectivity index (χ0) is 26.8. The first-order chi connectivity index (χ1) is 19.1. The van der Waals surface area contributed by atoms with E-state index in [0.29, 0.717) is 17.9 Å². The molecule has 4 heterocycles. The Balaban J connectivity index is 1.39. The number of fused-ring (bicyclic) bond motifs is 1. The number of carbonyl (C=O) groups excluding carboxylic acids is 1. The minimum absolute atomic E-state index is 0.449. The number of amides is 1. The van der Waals surface area contributed by atoms with Crippen LogP contribution in [0.1, 0.15) is 17.6 Å². The van der Waals surface area contributed by atoms with Crippen LogP contribution in [0.3, 0.4) is 0 Å². The molecule has 0 saturated heterocycles. The van der Waals surface area contributed by atoms with Crippen LogP contribution in [-0.4, -0.2) is 25.9 Å². The van der Waals surface area contributed by atoms with Gasteiger partial charge in [0, 0.05) is 53.7 Å². The lowest BCUT2D eigenvalue weighted by Crippen LogP contribution is -2.31. The van der Waals surface area contributed by atoms with Gasteiger partial charge in [-0.05, 0) is 53.1 Å². The van der Waals surface area contributed by atoms with Crippen LogP contribution in [0.15, 0.2) is 113 Å². The van der Waals surface area contributed by atoms with Gasteiger partial charge in [0.15, 0.2) is 0 Å². The fraction of sp³-hybridized carbons (Fsp3) is 0.0968. The van der Waals surface area contributed by atoms with Crippen molar-refractivity contribution in [3.8, 4) is 22.4 Å². The average Bonchev–Trinajstić information content (AvgIpc) is 3.57. The lowest BCUT2D eigenvalue weighted by Gasteiger charge is -2.26. The normalized spacial score (nSPS) is 11.9. The molecular formula is C31H24BrN5O2. The number of furan rings is 1. The molecule has 0 N–H and O–H groups in total. The summed E-state index contributed by atoms with van der Waals surface area (Å²) >= 11 is 3.51. The minimum atomic E-state index is -0.449. The van der Waals surface area contributed by atoms with Crippen LogP contribution in [0.4, 0.5) is 5.88 Å². The Morgan fingerprint density at radius 2 is 1.77 bits per heavy atom. The molecule has 8 heteroatoms. The smallest absolute Gasteiger partial charge is 0.217 e. The number of anilines is 1. The quantitative estimate of drug-likeness (QED) is 0.182. The molecule has 6 aromatic rings. The van der Waals surface area contributed by atoms with Gasteiger partial charge in [-0.2, -0.15) is 0 Å². The molecule has 4 aromatic heterocycles. The number of imidazole rings is 1. The largest absolute Gasteiger partial charge is 0.440 e. The van der Waals surface area contributed by atoms with Crippen LogP contribution in [0.2, 0.25) is 0 Å². The summed E-state index contributed by atoms with van der Waals surface area (Å²) in [5.74, 6) is 1.17. The van der Waals surface area contributed by atoms with E-state index in [2.05, 4.69) is 50.2 Å². The predicted octanol–water partition coefficient (Wildman–Crippen LogP) is 7.00. The number of rotatable bonds is 8. The molecule has 2 aromatic carbocycles. The third kappa shape index (κ3) is 4.98. The van der Waals surface area contributed by atoms with Crippen molar-refractivity contribution < 1.29 is 9.21 Å². The van der Waals surface area contributed by atoms with Crippen LogP contribution < -0.4 is 4.90 Å². The standard InChI is InChI=1S/C31H24BrN5O2/c1-36-28(22-9-7-21(8-10-22)23-5-4-13-33-18-23)19-35-31(36)27(17-26-6-2-3-14-34-26)37(20-38)30-16-24-15-25(32)11-12-29(24)39-30/h2-16,18-20,27H,17H2,1H3/t27-/m0/s1. The molecule has 0 aliphatic rings. The van der Waals surface area contributed by atoms with Crippen LogP contribution in [0.25, 0.3) is 33.4 Å². The number of benzene rings is 2. The topological polar surface area (TPSA) is 77.1 Å². The third-order valence-corrected chi connectivity index (χ3v) is 7.29. The molecule has 0 unspecified atom stereocenters. The van der Waals surface area contributed by atoms with Crippen LogP contribution in [0, 0.1) is 0 Å². The van der Waals surface area contributed by atoms with Crippen LogP contribution >= 0.6 is 15.9 Å². The van der Waals surface area contributed by atoms with Crippen molar-refractivity contribution in [3.05, 3.63) is 120 Å². The summed E-state index contributed by atoms with van der Waals surface area (Å²) < 4.78 is 9.08. The van der Waals surface area contributed by atoms with E-state index in [1.807, 2.05) is 78.6 Å². The monoisotopic (exact) mass is 577 g/mol. The van der Waals surface area contributed by atoms with Crippen molar-refractivity contribution in [2.24, 2.45) is 7.05 Å². The van der Waals surface area contributed by atoms with Crippen molar-refractivity contribution in [3.63, 3.8) is 0 Å². The first-order valence-electron chi connectivity index (χ1n) is 12.5. The first-order valence-corrected chi connectivity index (χ1v) is 13.2. The van der Waals surface area contributed by atoms with Gasteiger partial charge in [0.2, 0.25) is 12.3 Å². The second kappa shape index (κ2) is 10.7. The fourth-order valence-electron chi connectivity index (χ4n) is 4.81. The molecule has 0 bridgehead atoms. The summed E-state index contributed by atoms with van der Waals surface area (Å²) in [7, 11) is 1.97. The average molecular weight is 578 g/mol. The van der Waals surface area contributed by atoms with E-state index in [-0.39, 0.29) is 0 Å². The SMILES string of the molecule is Cn1c(-c2ccc(-c3cccnc3)cc2)cnc1[C@H](Cc1ccccn1)N(C=O)c1cc2cc(Br)ccc2o1. The maximum atomic E-state index is 12.6. The highest BCUT2D eigenvalue weighted by Gasteiger charge is 2.29. The highest BCUT2D eigenvalue weighted by atomic mass is 79.9. The molecule has 0 aliphatic heterocycles. The molecule has 6 rings (SSSR count). The molecule has 0 aliphatic carbocycles. The Labute approximate surface area is 233 Å². The van der Waals surface area contributed by atoms with E-state index >= 15 is 0 Å². The first kappa shape index (κ1) is 24.8. The molecule has 0 spiro atoms. The zero-order valence-electron chi connectivity index (χ0n) is 21.1. The van der Waals surface area contributed by atoms with Gasteiger partial charge in [0.1, 0.15) is 17.4 Å². The summed E-state index contributed by atoms with van der Waals surface area (Å²) in [5.41, 5.74) is 5.65. The van der Waals surface area contributed by atoms with Crippen molar-refractivity contribution in [2.45, 2.75) is 12.5 Å². The number of halogens is 1. The van der Waals surface area contributed by atoms with Gasteiger partial charge in [-0.15, -0.1) is 0 Å². The van der Waals surface area contributed by atoms with Crippen LogP contribution in [-0.2, 0) is 18.3 Å². The fourth-order valence-corrected chi connectivity index (χ4v) is 5.18. The van der Waals surface area contributed by atoms with Gasteiger partial charge in [-0.25, -0.2) is 4.98 Å². The van der Waals surface area contributed by atoms with E-state index < -0.39 is 6.04 Å². The van der Waals surface area contributed by atoms with Gasteiger partial charge in [0.05, 0.1) is 11.9 Å². The van der Waals surface area contributed by atoms with Gasteiger partial charge >= 0.3 is 0 Å². The van der Waals surface area contributed by atoms with E-state index in [0.717, 1.165) is 50.2 Å².